The molecule has 0 saturated carbocycles. The van der Waals surface area contributed by atoms with Crippen molar-refractivity contribution in [2.24, 2.45) is 11.5 Å². The molecule has 1 unspecified atom stereocenters. The van der Waals surface area contributed by atoms with Gasteiger partial charge in [0.1, 0.15) is 10.8 Å². The molecular formula is C13H21Cl2N3O2. The molecule has 0 aliphatic carbocycles. The van der Waals surface area contributed by atoms with E-state index in [1.54, 1.807) is 26.8 Å². The summed E-state index contributed by atoms with van der Waals surface area (Å²) in [6, 6.07) is -0.530. The van der Waals surface area contributed by atoms with Crippen LogP contribution in [0.25, 0.3) is 0 Å². The lowest BCUT2D eigenvalue weighted by molar-refractivity contribution is 0.0513. The minimum absolute atomic E-state index is 0.00338. The first kappa shape index (κ1) is 18.7. The molecule has 0 fully saturated rings. The fraction of sp³-hybridized carbons (Fsp3) is 0.462. The van der Waals surface area contributed by atoms with Gasteiger partial charge in [0.15, 0.2) is 0 Å². The van der Waals surface area contributed by atoms with E-state index in [4.69, 9.17) is 39.4 Å². The lowest BCUT2D eigenvalue weighted by Gasteiger charge is -2.24. The summed E-state index contributed by atoms with van der Waals surface area (Å²) in [5.41, 5.74) is 10.8. The van der Waals surface area contributed by atoms with Crippen LogP contribution < -0.4 is 16.8 Å². The SMILES string of the molecule is C=CCC(NC(=O)OC(C)(C)C)C(/C=C(\N)Cl)=C(/N)Cl. The summed E-state index contributed by atoms with van der Waals surface area (Å²) in [7, 11) is 0. The third kappa shape index (κ3) is 7.96. The van der Waals surface area contributed by atoms with E-state index in [0.717, 1.165) is 0 Å². The average Bonchev–Trinajstić information content (AvgIpc) is 2.22. The van der Waals surface area contributed by atoms with E-state index in [1.807, 2.05) is 0 Å². The zero-order valence-corrected chi connectivity index (χ0v) is 13.4. The highest BCUT2D eigenvalue weighted by molar-refractivity contribution is 6.30. The molecule has 1 atom stereocenters. The van der Waals surface area contributed by atoms with Crippen LogP contribution in [-0.4, -0.2) is 17.7 Å². The number of carbonyl (C=O) groups is 1. The van der Waals surface area contributed by atoms with E-state index in [2.05, 4.69) is 11.9 Å². The van der Waals surface area contributed by atoms with Crippen molar-refractivity contribution in [1.29, 1.82) is 0 Å². The monoisotopic (exact) mass is 321 g/mol. The van der Waals surface area contributed by atoms with E-state index in [9.17, 15) is 4.79 Å². The van der Waals surface area contributed by atoms with Gasteiger partial charge in [-0.2, -0.15) is 0 Å². The molecule has 0 aromatic carbocycles. The van der Waals surface area contributed by atoms with Crippen molar-refractivity contribution in [3.63, 3.8) is 0 Å². The van der Waals surface area contributed by atoms with Gasteiger partial charge < -0.3 is 21.5 Å². The van der Waals surface area contributed by atoms with Crippen LogP contribution in [0.5, 0.6) is 0 Å². The first-order chi connectivity index (χ1) is 9.06. The van der Waals surface area contributed by atoms with E-state index < -0.39 is 17.7 Å². The molecular weight excluding hydrogens is 301 g/mol. The van der Waals surface area contributed by atoms with Gasteiger partial charge in [-0.15, -0.1) is 6.58 Å². The predicted molar refractivity (Wildman–Crippen MR) is 83.2 cm³/mol. The molecule has 0 spiro atoms. The normalized spacial score (nSPS) is 15.2. The van der Waals surface area contributed by atoms with Crippen LogP contribution in [0.4, 0.5) is 4.79 Å². The highest BCUT2D eigenvalue weighted by Gasteiger charge is 2.21. The lowest BCUT2D eigenvalue weighted by Crippen LogP contribution is -2.40. The van der Waals surface area contributed by atoms with Crippen molar-refractivity contribution in [3.05, 3.63) is 34.6 Å². The molecule has 0 aliphatic heterocycles. The molecule has 7 heteroatoms. The Labute approximate surface area is 129 Å². The van der Waals surface area contributed by atoms with Crippen molar-refractivity contribution >= 4 is 29.3 Å². The van der Waals surface area contributed by atoms with E-state index in [0.29, 0.717) is 12.0 Å². The summed E-state index contributed by atoms with van der Waals surface area (Å²) >= 11 is 11.4. The molecule has 0 aromatic heterocycles. The van der Waals surface area contributed by atoms with Crippen LogP contribution >= 0.6 is 23.2 Å². The molecule has 0 bridgehead atoms. The van der Waals surface area contributed by atoms with Gasteiger partial charge in [0.25, 0.3) is 0 Å². The van der Waals surface area contributed by atoms with Gasteiger partial charge in [-0.1, -0.05) is 29.3 Å². The Morgan fingerprint density at radius 3 is 2.30 bits per heavy atom. The number of hydrogen-bond acceptors (Lipinski definition) is 4. The standard InChI is InChI=1S/C13H21Cl2N3O2/c1-5-6-9(8(11(15)17)7-10(14)16)18-12(19)20-13(2,3)4/h5,7,9H,1,6,16-17H2,2-4H3,(H,18,19)/b10-7-,11-8+. The number of ether oxygens (including phenoxy) is 1. The molecule has 20 heavy (non-hydrogen) atoms. The Morgan fingerprint density at radius 2 is 1.95 bits per heavy atom. The number of amides is 1. The first-order valence-electron chi connectivity index (χ1n) is 5.95. The molecule has 0 radical (unpaired) electrons. The number of halogens is 2. The van der Waals surface area contributed by atoms with Gasteiger partial charge in [-0.05, 0) is 33.3 Å². The second kappa shape index (κ2) is 8.07. The van der Waals surface area contributed by atoms with Gasteiger partial charge in [0.2, 0.25) is 0 Å². The maximum absolute atomic E-state index is 11.8. The topological polar surface area (TPSA) is 90.4 Å². The fourth-order valence-corrected chi connectivity index (χ4v) is 1.67. The number of hydrogen-bond donors (Lipinski definition) is 3. The zero-order chi connectivity index (χ0) is 15.9. The molecule has 5 nitrogen and oxygen atoms in total. The average molecular weight is 322 g/mol. The lowest BCUT2D eigenvalue weighted by atomic mass is 10.0. The maximum Gasteiger partial charge on any atom is 0.408 e. The van der Waals surface area contributed by atoms with Gasteiger partial charge in [0, 0.05) is 5.57 Å². The Hall–Kier alpha value is -1.33. The van der Waals surface area contributed by atoms with Gasteiger partial charge >= 0.3 is 6.09 Å². The highest BCUT2D eigenvalue weighted by Crippen LogP contribution is 2.17. The minimum Gasteiger partial charge on any atom is -0.444 e. The minimum atomic E-state index is -0.611. The maximum atomic E-state index is 11.8. The summed E-state index contributed by atoms with van der Waals surface area (Å²) in [6.07, 6.45) is 2.79. The molecule has 0 saturated heterocycles. The second-order valence-corrected chi connectivity index (χ2v) is 5.90. The Morgan fingerprint density at radius 1 is 1.40 bits per heavy atom. The number of carbonyl (C=O) groups excluding carboxylic acids is 1. The number of nitrogens with one attached hydrogen (secondary N) is 1. The Kier molecular flexibility index (Phi) is 7.53. The highest BCUT2D eigenvalue weighted by atomic mass is 35.5. The Balaban J connectivity index is 5.14. The van der Waals surface area contributed by atoms with E-state index in [1.165, 1.54) is 6.08 Å². The largest absolute Gasteiger partial charge is 0.444 e. The fourth-order valence-electron chi connectivity index (χ4n) is 1.36. The third-order valence-electron chi connectivity index (χ3n) is 2.04. The van der Waals surface area contributed by atoms with E-state index >= 15 is 0 Å². The zero-order valence-electron chi connectivity index (χ0n) is 11.9. The second-order valence-electron chi connectivity index (χ2n) is 5.06. The van der Waals surface area contributed by atoms with Crippen LogP contribution in [0.2, 0.25) is 0 Å². The van der Waals surface area contributed by atoms with Crippen molar-refractivity contribution in [1.82, 2.24) is 5.32 Å². The quantitative estimate of drug-likeness (QED) is 0.412. The smallest absolute Gasteiger partial charge is 0.408 e. The third-order valence-corrected chi connectivity index (χ3v) is 2.37. The van der Waals surface area contributed by atoms with Crippen LogP contribution in [-0.2, 0) is 4.74 Å². The molecule has 1 amide bonds. The summed E-state index contributed by atoms with van der Waals surface area (Å²) in [4.78, 5) is 11.8. The molecule has 0 rings (SSSR count). The molecule has 5 N–H and O–H groups in total. The van der Waals surface area contributed by atoms with Crippen molar-refractivity contribution < 1.29 is 9.53 Å². The number of nitrogens with two attached hydrogens (primary N) is 2. The van der Waals surface area contributed by atoms with Crippen molar-refractivity contribution in [3.8, 4) is 0 Å². The van der Waals surface area contributed by atoms with Crippen LogP contribution in [0.1, 0.15) is 27.2 Å². The van der Waals surface area contributed by atoms with Crippen LogP contribution in [0, 0.1) is 0 Å². The predicted octanol–water partition coefficient (Wildman–Crippen LogP) is 2.90. The van der Waals surface area contributed by atoms with Crippen LogP contribution in [0.15, 0.2) is 34.6 Å². The Bertz CT molecular complexity index is 418. The van der Waals surface area contributed by atoms with Crippen molar-refractivity contribution in [2.75, 3.05) is 0 Å². The molecule has 114 valence electrons. The molecule has 0 heterocycles. The number of rotatable bonds is 5. The van der Waals surface area contributed by atoms with Gasteiger partial charge in [-0.3, -0.25) is 0 Å². The summed E-state index contributed by atoms with van der Waals surface area (Å²) < 4.78 is 5.17. The molecule has 0 aromatic rings. The van der Waals surface area contributed by atoms with Gasteiger partial charge in [-0.25, -0.2) is 4.79 Å². The number of alkyl carbamates (subject to hydrolysis) is 1. The van der Waals surface area contributed by atoms with Crippen LogP contribution in [0.3, 0.4) is 0 Å². The summed E-state index contributed by atoms with van der Waals surface area (Å²) in [5, 5.41) is 2.63. The molecule has 0 aliphatic rings. The van der Waals surface area contributed by atoms with Gasteiger partial charge in [0.05, 0.1) is 11.2 Å². The van der Waals surface area contributed by atoms with E-state index in [-0.39, 0.29) is 10.3 Å². The summed E-state index contributed by atoms with van der Waals surface area (Å²) in [6.45, 7) is 8.91. The first-order valence-corrected chi connectivity index (χ1v) is 6.70. The van der Waals surface area contributed by atoms with Crippen molar-refractivity contribution in [2.45, 2.75) is 38.8 Å². The summed E-state index contributed by atoms with van der Waals surface area (Å²) in [5.74, 6) is 0.